The molecule has 0 amide bonds. The van der Waals surface area contributed by atoms with E-state index in [0.717, 1.165) is 34.4 Å². The Morgan fingerprint density at radius 2 is 1.91 bits per heavy atom. The number of piperidine rings is 1. The number of imidazole rings is 1. The van der Waals surface area contributed by atoms with Gasteiger partial charge in [-0.1, -0.05) is 12.1 Å². The molecule has 0 unspecified atom stereocenters. The van der Waals surface area contributed by atoms with Crippen LogP contribution in [0.15, 0.2) is 36.7 Å². The van der Waals surface area contributed by atoms with Crippen molar-refractivity contribution in [1.29, 1.82) is 0 Å². The largest absolute Gasteiger partial charge is 0.377 e. The van der Waals surface area contributed by atoms with E-state index in [0.29, 0.717) is 25.4 Å². The van der Waals surface area contributed by atoms with E-state index in [4.69, 9.17) is 4.74 Å². The summed E-state index contributed by atoms with van der Waals surface area (Å²) < 4.78 is 23.1. The van der Waals surface area contributed by atoms with E-state index in [1.165, 1.54) is 0 Å². The summed E-state index contributed by atoms with van der Waals surface area (Å²) in [6, 6.07) is 8.04. The van der Waals surface area contributed by atoms with Crippen LogP contribution < -0.4 is 0 Å². The highest BCUT2D eigenvalue weighted by Crippen LogP contribution is 2.30. The molecule has 4 rings (SSSR count). The second-order valence-electron chi connectivity index (χ2n) is 9.31. The molecule has 1 fully saturated rings. The van der Waals surface area contributed by atoms with Crippen LogP contribution in [0.1, 0.15) is 38.2 Å². The number of fused-ring (bicyclic) bond motifs is 1. The summed E-state index contributed by atoms with van der Waals surface area (Å²) in [6.45, 7) is 8.52. The molecular formula is C26H33FN4O2. The van der Waals surface area contributed by atoms with Gasteiger partial charge >= 0.3 is 0 Å². The number of halogens is 1. The minimum absolute atomic E-state index is 0.0119. The number of aromatic nitrogens is 3. The maximum Gasteiger partial charge on any atom is 0.175 e. The summed E-state index contributed by atoms with van der Waals surface area (Å²) >= 11 is 0. The molecule has 0 N–H and O–H groups in total. The van der Waals surface area contributed by atoms with Crippen molar-refractivity contribution in [3.05, 3.63) is 48.2 Å². The van der Waals surface area contributed by atoms with Gasteiger partial charge in [0.25, 0.3) is 0 Å². The zero-order chi connectivity index (χ0) is 23.6. The van der Waals surface area contributed by atoms with Gasteiger partial charge in [0, 0.05) is 62.4 Å². The average molecular weight is 453 g/mol. The Labute approximate surface area is 194 Å². The Bertz CT molecular complexity index is 1130. The zero-order valence-electron chi connectivity index (χ0n) is 20.0. The van der Waals surface area contributed by atoms with Crippen molar-refractivity contribution in [2.45, 2.75) is 51.8 Å². The van der Waals surface area contributed by atoms with Gasteiger partial charge in [-0.2, -0.15) is 0 Å². The fourth-order valence-electron chi connectivity index (χ4n) is 4.36. The van der Waals surface area contributed by atoms with E-state index in [2.05, 4.69) is 20.9 Å². The predicted octanol–water partition coefficient (Wildman–Crippen LogP) is 4.28. The highest BCUT2D eigenvalue weighted by Gasteiger charge is 2.41. The first-order valence-electron chi connectivity index (χ1n) is 11.7. The molecule has 2 aromatic heterocycles. The van der Waals surface area contributed by atoms with Crippen LogP contribution in [0.3, 0.4) is 0 Å². The van der Waals surface area contributed by atoms with E-state index in [-0.39, 0.29) is 31.1 Å². The Balaban J connectivity index is 1.43. The Morgan fingerprint density at radius 1 is 1.15 bits per heavy atom. The zero-order valence-corrected chi connectivity index (χ0v) is 20.0. The molecule has 0 spiro atoms. The monoisotopic (exact) mass is 452 g/mol. The maximum absolute atomic E-state index is 15.5. The van der Waals surface area contributed by atoms with Crippen molar-refractivity contribution in [3.8, 4) is 11.3 Å². The van der Waals surface area contributed by atoms with Gasteiger partial charge in [0.05, 0.1) is 31.0 Å². The maximum atomic E-state index is 15.5. The molecule has 1 aliphatic heterocycles. The number of ether oxygens (including phenoxy) is 1. The van der Waals surface area contributed by atoms with Crippen LogP contribution in [0.2, 0.25) is 0 Å². The molecule has 0 aliphatic carbocycles. The van der Waals surface area contributed by atoms with Gasteiger partial charge in [0.15, 0.2) is 11.5 Å². The number of ketones is 1. The minimum Gasteiger partial charge on any atom is -0.377 e. The van der Waals surface area contributed by atoms with Crippen LogP contribution in [0.4, 0.5) is 4.39 Å². The molecule has 0 bridgehead atoms. The third-order valence-electron chi connectivity index (χ3n) is 6.64. The molecule has 6 nitrogen and oxygen atoms in total. The SMILES string of the molecule is Cc1ncc(-c2ccc3cnc(CC(=O)C4(F)CCN(CCOC(C)C)CC4)cc3c2)n1C. The quantitative estimate of drug-likeness (QED) is 0.510. The number of aryl methyl sites for hydroxylation is 1. The number of rotatable bonds is 8. The number of Topliss-reactive ketones (excluding diaryl/α,β-unsaturated/α-hetero) is 1. The highest BCUT2D eigenvalue weighted by molar-refractivity contribution is 5.91. The molecule has 0 radical (unpaired) electrons. The molecule has 3 heterocycles. The van der Waals surface area contributed by atoms with E-state index in [1.807, 2.05) is 56.8 Å². The first-order chi connectivity index (χ1) is 15.7. The molecule has 1 saturated heterocycles. The highest BCUT2D eigenvalue weighted by atomic mass is 19.1. The van der Waals surface area contributed by atoms with Crippen molar-refractivity contribution in [2.75, 3.05) is 26.2 Å². The molecular weight excluding hydrogens is 419 g/mol. The first-order valence-corrected chi connectivity index (χ1v) is 11.7. The van der Waals surface area contributed by atoms with E-state index >= 15 is 4.39 Å². The lowest BCUT2D eigenvalue weighted by Gasteiger charge is -2.35. The summed E-state index contributed by atoms with van der Waals surface area (Å²) in [5, 5.41) is 1.97. The van der Waals surface area contributed by atoms with Crippen LogP contribution in [-0.2, 0) is 23.0 Å². The number of hydrogen-bond donors (Lipinski definition) is 0. The summed E-state index contributed by atoms with van der Waals surface area (Å²) in [5.41, 5.74) is 0.901. The summed E-state index contributed by atoms with van der Waals surface area (Å²) in [6.07, 6.45) is 4.28. The standard InChI is InChI=1S/C26H33FN4O2/c1-18(2)33-12-11-31-9-7-26(27,8-10-31)25(32)15-23-14-22-13-20(5-6-21(22)16-29-23)24-17-28-19(3)30(24)4/h5-6,13-14,16-18H,7-12,15H2,1-4H3. The summed E-state index contributed by atoms with van der Waals surface area (Å²) in [4.78, 5) is 23.9. The van der Waals surface area contributed by atoms with E-state index in [1.54, 1.807) is 6.20 Å². The minimum atomic E-state index is -1.78. The fraction of sp³-hybridized carbons (Fsp3) is 0.500. The Morgan fingerprint density at radius 3 is 2.58 bits per heavy atom. The van der Waals surface area contributed by atoms with Gasteiger partial charge in [-0.15, -0.1) is 0 Å². The molecule has 1 aliphatic rings. The normalized spacial score (nSPS) is 16.5. The topological polar surface area (TPSA) is 60.3 Å². The van der Waals surface area contributed by atoms with Crippen LogP contribution >= 0.6 is 0 Å². The second kappa shape index (κ2) is 9.69. The number of hydrogen-bond acceptors (Lipinski definition) is 5. The van der Waals surface area contributed by atoms with E-state index < -0.39 is 5.67 Å². The average Bonchev–Trinajstić information content (AvgIpc) is 3.12. The second-order valence-corrected chi connectivity index (χ2v) is 9.31. The third-order valence-corrected chi connectivity index (χ3v) is 6.64. The summed E-state index contributed by atoms with van der Waals surface area (Å²) in [7, 11) is 1.99. The Kier molecular flexibility index (Phi) is 6.91. The van der Waals surface area contributed by atoms with Gasteiger partial charge < -0.3 is 14.2 Å². The lowest BCUT2D eigenvalue weighted by molar-refractivity contribution is -0.133. The van der Waals surface area contributed by atoms with Crippen molar-refractivity contribution in [3.63, 3.8) is 0 Å². The predicted molar refractivity (Wildman–Crippen MR) is 128 cm³/mol. The fourth-order valence-corrected chi connectivity index (χ4v) is 4.36. The van der Waals surface area contributed by atoms with Gasteiger partial charge in [-0.3, -0.25) is 9.78 Å². The number of nitrogens with zero attached hydrogens (tertiary/aromatic N) is 4. The molecule has 33 heavy (non-hydrogen) atoms. The lowest BCUT2D eigenvalue weighted by Crippen LogP contribution is -2.47. The van der Waals surface area contributed by atoms with Crippen LogP contribution in [0.25, 0.3) is 22.0 Å². The number of benzene rings is 1. The number of alkyl halides is 1. The van der Waals surface area contributed by atoms with Crippen molar-refractivity contribution in [2.24, 2.45) is 7.05 Å². The molecule has 7 heteroatoms. The van der Waals surface area contributed by atoms with Gasteiger partial charge in [-0.05, 0) is 38.3 Å². The smallest absolute Gasteiger partial charge is 0.175 e. The Hall–Kier alpha value is -2.64. The molecule has 3 aromatic rings. The number of carbonyl (C=O) groups excluding carboxylic acids is 1. The van der Waals surface area contributed by atoms with Gasteiger partial charge in [-0.25, -0.2) is 9.37 Å². The molecule has 0 saturated carbocycles. The van der Waals surface area contributed by atoms with Crippen molar-refractivity contribution >= 4 is 16.6 Å². The van der Waals surface area contributed by atoms with Crippen molar-refractivity contribution < 1.29 is 13.9 Å². The van der Waals surface area contributed by atoms with Crippen LogP contribution in [-0.4, -0.2) is 63.2 Å². The number of likely N-dealkylation sites (tertiary alicyclic amines) is 1. The van der Waals surface area contributed by atoms with E-state index in [9.17, 15) is 4.79 Å². The lowest BCUT2D eigenvalue weighted by atomic mass is 9.87. The van der Waals surface area contributed by atoms with Crippen LogP contribution in [0, 0.1) is 6.92 Å². The molecule has 0 atom stereocenters. The number of carbonyl (C=O) groups is 1. The first kappa shape index (κ1) is 23.5. The van der Waals surface area contributed by atoms with Crippen molar-refractivity contribution in [1.82, 2.24) is 19.4 Å². The van der Waals surface area contributed by atoms with Gasteiger partial charge in [0.1, 0.15) is 5.82 Å². The third kappa shape index (κ3) is 5.31. The molecule has 176 valence electrons. The van der Waals surface area contributed by atoms with Gasteiger partial charge in [0.2, 0.25) is 0 Å². The molecule has 1 aromatic carbocycles. The van der Waals surface area contributed by atoms with Crippen LogP contribution in [0.5, 0.6) is 0 Å². The summed E-state index contributed by atoms with van der Waals surface area (Å²) in [5.74, 6) is 0.573. The number of pyridine rings is 1.